The Kier molecular flexibility index (Phi) is 2.81. The van der Waals surface area contributed by atoms with Gasteiger partial charge < -0.3 is 0 Å². The molecule has 0 saturated heterocycles. The maximum atomic E-state index is 12.0. The molecule has 1 heterocycles. The fourth-order valence-corrected chi connectivity index (χ4v) is 1.59. The van der Waals surface area contributed by atoms with Gasteiger partial charge in [-0.25, -0.2) is 0 Å². The predicted molar refractivity (Wildman–Crippen MR) is 39.7 cm³/mol. The molecule has 1 aromatic rings. The number of thiophene rings is 1. The molecule has 0 atom stereocenters. The van der Waals surface area contributed by atoms with Crippen LogP contribution in [0.5, 0.6) is 0 Å². The zero-order chi connectivity index (χ0) is 11.9. The minimum Gasteiger partial charge on any atom is -0.283 e. The molecule has 8 heteroatoms. The Bertz CT molecular complexity index is 374. The summed E-state index contributed by atoms with van der Waals surface area (Å²) in [6.45, 7) is 0. The van der Waals surface area contributed by atoms with Crippen LogP contribution in [0, 0.1) is 0 Å². The Hall–Kier alpha value is -1.05. The van der Waals surface area contributed by atoms with Gasteiger partial charge in [-0.15, -0.1) is 11.3 Å². The van der Waals surface area contributed by atoms with Crippen molar-refractivity contribution >= 4 is 17.1 Å². The molecule has 0 aromatic carbocycles. The van der Waals surface area contributed by atoms with Crippen molar-refractivity contribution in [1.82, 2.24) is 0 Å². The van der Waals surface area contributed by atoms with E-state index in [0.717, 1.165) is 0 Å². The molecule has 0 unspecified atom stereocenters. The van der Waals surface area contributed by atoms with E-state index in [0.29, 0.717) is 12.1 Å². The highest BCUT2D eigenvalue weighted by Gasteiger charge is 2.42. The molecule has 0 bridgehead atoms. The molecule has 1 nitrogen and oxygen atoms in total. The topological polar surface area (TPSA) is 17.1 Å². The van der Waals surface area contributed by atoms with Gasteiger partial charge in [-0.1, -0.05) is 0 Å². The van der Waals surface area contributed by atoms with Crippen molar-refractivity contribution in [2.24, 2.45) is 0 Å². The van der Waals surface area contributed by atoms with Crippen LogP contribution in [-0.2, 0) is 6.18 Å². The van der Waals surface area contributed by atoms with Crippen molar-refractivity contribution < 1.29 is 31.1 Å². The third-order valence-corrected chi connectivity index (χ3v) is 2.50. The molecule has 0 aliphatic heterocycles. The van der Waals surface area contributed by atoms with Crippen LogP contribution in [0.4, 0.5) is 26.3 Å². The second-order valence-corrected chi connectivity index (χ2v) is 3.57. The zero-order valence-electron chi connectivity index (χ0n) is 6.74. The number of carbonyl (C=O) groups is 1. The Morgan fingerprint density at radius 2 is 1.60 bits per heavy atom. The molecule has 84 valence electrons. The van der Waals surface area contributed by atoms with Gasteiger partial charge in [0.1, 0.15) is 4.88 Å². The van der Waals surface area contributed by atoms with Gasteiger partial charge in [0.2, 0.25) is 0 Å². The van der Waals surface area contributed by atoms with Gasteiger partial charge in [0, 0.05) is 0 Å². The van der Waals surface area contributed by atoms with Gasteiger partial charge in [-0.3, -0.25) is 4.79 Å². The van der Waals surface area contributed by atoms with Gasteiger partial charge in [0.15, 0.2) is 0 Å². The molecule has 0 aliphatic carbocycles. The third-order valence-electron chi connectivity index (χ3n) is 1.37. The average Bonchev–Trinajstić information content (AvgIpc) is 2.47. The number of rotatable bonds is 1. The second kappa shape index (κ2) is 3.51. The minimum absolute atomic E-state index is 0.220. The summed E-state index contributed by atoms with van der Waals surface area (Å²) in [4.78, 5) is 8.33. The van der Waals surface area contributed by atoms with Crippen LogP contribution in [-0.4, -0.2) is 12.0 Å². The molecule has 0 spiro atoms. The standard InChI is InChI=1S/C7H2F6OS/c8-6(9,10)4-2-1-3(15-4)5(14)7(11,12)13/h1-2H. The first-order valence-corrected chi connectivity index (χ1v) is 4.22. The number of hydrogen-bond donors (Lipinski definition) is 0. The van der Waals surface area contributed by atoms with Crippen LogP contribution < -0.4 is 0 Å². The van der Waals surface area contributed by atoms with Crippen molar-refractivity contribution in [3.05, 3.63) is 21.9 Å². The van der Waals surface area contributed by atoms with Crippen LogP contribution in [0.2, 0.25) is 0 Å². The van der Waals surface area contributed by atoms with Crippen molar-refractivity contribution in [1.29, 1.82) is 0 Å². The summed E-state index contributed by atoms with van der Waals surface area (Å²) < 4.78 is 71.4. The Morgan fingerprint density at radius 1 is 1.07 bits per heavy atom. The highest BCUT2D eigenvalue weighted by atomic mass is 32.1. The highest BCUT2D eigenvalue weighted by molar-refractivity contribution is 7.14. The zero-order valence-corrected chi connectivity index (χ0v) is 7.56. The molecule has 0 radical (unpaired) electrons. The van der Waals surface area contributed by atoms with Crippen molar-refractivity contribution in [2.45, 2.75) is 12.4 Å². The van der Waals surface area contributed by atoms with Crippen molar-refractivity contribution in [3.8, 4) is 0 Å². The SMILES string of the molecule is O=C(c1ccc(C(F)(F)F)s1)C(F)(F)F. The number of ketones is 1. The van der Waals surface area contributed by atoms with E-state index < -0.39 is 27.9 Å². The fourth-order valence-electron chi connectivity index (χ4n) is 0.752. The van der Waals surface area contributed by atoms with Gasteiger partial charge in [0.25, 0.3) is 5.78 Å². The van der Waals surface area contributed by atoms with E-state index in [-0.39, 0.29) is 11.3 Å². The second-order valence-electron chi connectivity index (χ2n) is 2.49. The van der Waals surface area contributed by atoms with Crippen molar-refractivity contribution in [3.63, 3.8) is 0 Å². The van der Waals surface area contributed by atoms with E-state index in [1.54, 1.807) is 0 Å². The summed E-state index contributed by atoms with van der Waals surface area (Å²) >= 11 is -0.220. The lowest BCUT2D eigenvalue weighted by molar-refractivity contribution is -0.134. The van der Waals surface area contributed by atoms with Gasteiger partial charge in [0.05, 0.1) is 4.88 Å². The molecule has 0 fully saturated rings. The summed E-state index contributed by atoms with van der Waals surface area (Å²) in [6, 6.07) is 0.965. The van der Waals surface area contributed by atoms with E-state index in [9.17, 15) is 31.1 Å². The van der Waals surface area contributed by atoms with E-state index in [1.807, 2.05) is 0 Å². The predicted octanol–water partition coefficient (Wildman–Crippen LogP) is 3.51. The summed E-state index contributed by atoms with van der Waals surface area (Å²) in [5, 5.41) is 0. The smallest absolute Gasteiger partial charge is 0.283 e. The molecular weight excluding hydrogens is 246 g/mol. The monoisotopic (exact) mass is 248 g/mol. The molecule has 15 heavy (non-hydrogen) atoms. The minimum atomic E-state index is -5.15. The van der Waals surface area contributed by atoms with Crippen LogP contribution in [0.1, 0.15) is 14.5 Å². The van der Waals surface area contributed by atoms with Crippen LogP contribution >= 0.6 is 11.3 Å². The van der Waals surface area contributed by atoms with Crippen LogP contribution in [0.25, 0.3) is 0 Å². The normalized spacial score (nSPS) is 12.9. The van der Waals surface area contributed by atoms with E-state index in [2.05, 4.69) is 0 Å². The van der Waals surface area contributed by atoms with Gasteiger partial charge >= 0.3 is 12.4 Å². The lowest BCUT2D eigenvalue weighted by Crippen LogP contribution is -2.21. The lowest BCUT2D eigenvalue weighted by atomic mass is 10.3. The van der Waals surface area contributed by atoms with Gasteiger partial charge in [-0.05, 0) is 12.1 Å². The molecular formula is C7H2F6OS. The van der Waals surface area contributed by atoms with E-state index in [1.165, 1.54) is 0 Å². The average molecular weight is 248 g/mol. The van der Waals surface area contributed by atoms with Crippen molar-refractivity contribution in [2.75, 3.05) is 0 Å². The Balaban J connectivity index is 3.01. The highest BCUT2D eigenvalue weighted by Crippen LogP contribution is 2.36. The Morgan fingerprint density at radius 3 is 1.93 bits per heavy atom. The molecule has 0 N–H and O–H groups in total. The van der Waals surface area contributed by atoms with Crippen LogP contribution in [0.15, 0.2) is 12.1 Å². The molecule has 1 aromatic heterocycles. The summed E-state index contributed by atoms with van der Waals surface area (Å²) in [5.41, 5.74) is 0. The number of alkyl halides is 6. The molecule has 0 amide bonds. The number of halogens is 6. The molecule has 0 aliphatic rings. The van der Waals surface area contributed by atoms with Gasteiger partial charge in [-0.2, -0.15) is 26.3 Å². The number of hydrogen-bond acceptors (Lipinski definition) is 2. The molecule has 1 rings (SSSR count). The first kappa shape index (κ1) is 12.0. The number of carbonyl (C=O) groups excluding carboxylic acids is 1. The maximum Gasteiger partial charge on any atom is 0.455 e. The summed E-state index contributed by atoms with van der Waals surface area (Å²) in [6.07, 6.45) is -9.87. The summed E-state index contributed by atoms with van der Waals surface area (Å²) in [7, 11) is 0. The molecule has 0 saturated carbocycles. The third kappa shape index (κ3) is 2.71. The Labute approximate surface area is 83.3 Å². The maximum absolute atomic E-state index is 12.0. The number of Topliss-reactive ketones (excluding diaryl/α,β-unsaturated/α-hetero) is 1. The first-order chi connectivity index (χ1) is 6.62. The fraction of sp³-hybridized carbons (Fsp3) is 0.286. The van der Waals surface area contributed by atoms with Crippen LogP contribution in [0.3, 0.4) is 0 Å². The van der Waals surface area contributed by atoms with E-state index >= 15 is 0 Å². The lowest BCUT2D eigenvalue weighted by Gasteiger charge is -2.02. The quantitative estimate of drug-likeness (QED) is 0.549. The largest absolute Gasteiger partial charge is 0.455 e. The first-order valence-electron chi connectivity index (χ1n) is 3.41. The summed E-state index contributed by atoms with van der Waals surface area (Å²) in [5.74, 6) is -2.26. The van der Waals surface area contributed by atoms with E-state index in [4.69, 9.17) is 0 Å².